The van der Waals surface area contributed by atoms with Gasteiger partial charge in [-0.05, 0) is 36.8 Å². The van der Waals surface area contributed by atoms with Crippen LogP contribution in [0, 0.1) is 18.8 Å². The third-order valence-electron chi connectivity index (χ3n) is 3.32. The molecule has 100 valence electrons. The van der Waals surface area contributed by atoms with Crippen LogP contribution in [0.4, 0.5) is 0 Å². The Hall–Kier alpha value is -2.85. The highest BCUT2D eigenvalue weighted by atomic mass is 14.7. The second-order valence-electron chi connectivity index (χ2n) is 4.83. The molecule has 0 saturated heterocycles. The van der Waals surface area contributed by atoms with Gasteiger partial charge < -0.3 is 0 Å². The van der Waals surface area contributed by atoms with E-state index in [2.05, 4.69) is 35.9 Å². The van der Waals surface area contributed by atoms with Crippen LogP contribution in [0.2, 0.25) is 0 Å². The largest absolute Gasteiger partial charge is 0.255 e. The lowest BCUT2D eigenvalue weighted by molar-refractivity contribution is 1.29. The predicted molar refractivity (Wildman–Crippen MR) is 86.8 cm³/mol. The zero-order valence-corrected chi connectivity index (χ0v) is 11.9. The molecule has 21 heavy (non-hydrogen) atoms. The zero-order chi connectivity index (χ0) is 14.5. The van der Waals surface area contributed by atoms with Crippen molar-refractivity contribution in [1.82, 2.24) is 4.98 Å². The summed E-state index contributed by atoms with van der Waals surface area (Å²) in [6.45, 7) is 2.10. The minimum Gasteiger partial charge on any atom is -0.255 e. The Bertz CT molecular complexity index is 808. The topological polar surface area (TPSA) is 12.9 Å². The molecule has 0 atom stereocenters. The molecule has 0 fully saturated rings. The third kappa shape index (κ3) is 3.01. The maximum absolute atomic E-state index is 4.52. The quantitative estimate of drug-likeness (QED) is 0.594. The summed E-state index contributed by atoms with van der Waals surface area (Å²) < 4.78 is 0. The Balaban J connectivity index is 2.06. The highest BCUT2D eigenvalue weighted by molar-refractivity contribution is 5.70. The maximum atomic E-state index is 4.52. The van der Waals surface area contributed by atoms with Gasteiger partial charge in [0, 0.05) is 17.3 Å². The van der Waals surface area contributed by atoms with Gasteiger partial charge in [0.15, 0.2) is 0 Å². The van der Waals surface area contributed by atoms with E-state index in [-0.39, 0.29) is 0 Å². The average Bonchev–Trinajstić information content (AvgIpc) is 2.55. The van der Waals surface area contributed by atoms with E-state index in [0.29, 0.717) is 0 Å². The summed E-state index contributed by atoms with van der Waals surface area (Å²) in [5.74, 6) is 6.44. The Morgan fingerprint density at radius 2 is 1.52 bits per heavy atom. The molecule has 0 saturated carbocycles. The molecule has 3 aromatic rings. The molecule has 0 aliphatic heterocycles. The van der Waals surface area contributed by atoms with Gasteiger partial charge in [-0.25, -0.2) is 0 Å². The van der Waals surface area contributed by atoms with Crippen LogP contribution in [0.3, 0.4) is 0 Å². The van der Waals surface area contributed by atoms with E-state index in [1.807, 2.05) is 60.8 Å². The van der Waals surface area contributed by atoms with Crippen molar-refractivity contribution >= 4 is 0 Å². The van der Waals surface area contributed by atoms with Crippen LogP contribution in [-0.4, -0.2) is 4.98 Å². The van der Waals surface area contributed by atoms with Crippen molar-refractivity contribution in [3.63, 3.8) is 0 Å². The fourth-order valence-corrected chi connectivity index (χ4v) is 2.22. The summed E-state index contributed by atoms with van der Waals surface area (Å²) in [5, 5.41) is 0. The van der Waals surface area contributed by atoms with Crippen LogP contribution in [0.15, 0.2) is 72.9 Å². The minimum absolute atomic E-state index is 0.944. The smallest absolute Gasteiger partial charge is 0.0861 e. The summed E-state index contributed by atoms with van der Waals surface area (Å²) in [4.78, 5) is 4.52. The first-order valence-electron chi connectivity index (χ1n) is 6.93. The standard InChI is InChI=1S/C20H15N/c1-16-8-5-6-12-19(16)20-18(11-7-15-21-20)14-13-17-9-3-2-4-10-17/h2-12,15H,1H3. The number of rotatable bonds is 1. The van der Waals surface area contributed by atoms with Gasteiger partial charge in [-0.2, -0.15) is 0 Å². The van der Waals surface area contributed by atoms with Gasteiger partial charge in [-0.1, -0.05) is 54.3 Å². The summed E-state index contributed by atoms with van der Waals surface area (Å²) >= 11 is 0. The van der Waals surface area contributed by atoms with Crippen LogP contribution in [0.5, 0.6) is 0 Å². The summed E-state index contributed by atoms with van der Waals surface area (Å²) in [6.07, 6.45) is 1.81. The number of nitrogens with zero attached hydrogens (tertiary/aromatic N) is 1. The molecule has 0 aliphatic rings. The van der Waals surface area contributed by atoms with Gasteiger partial charge in [-0.15, -0.1) is 0 Å². The van der Waals surface area contributed by atoms with Crippen LogP contribution in [0.25, 0.3) is 11.3 Å². The van der Waals surface area contributed by atoms with Crippen molar-refractivity contribution in [3.05, 3.63) is 89.6 Å². The molecule has 0 spiro atoms. The van der Waals surface area contributed by atoms with E-state index in [4.69, 9.17) is 0 Å². The van der Waals surface area contributed by atoms with Crippen molar-refractivity contribution in [2.24, 2.45) is 0 Å². The number of aromatic nitrogens is 1. The first-order valence-corrected chi connectivity index (χ1v) is 6.93. The zero-order valence-electron chi connectivity index (χ0n) is 11.9. The molecule has 0 amide bonds. The molecule has 1 heteroatoms. The van der Waals surface area contributed by atoms with E-state index in [1.165, 1.54) is 5.56 Å². The molecule has 2 aromatic carbocycles. The molecule has 0 N–H and O–H groups in total. The molecule has 1 heterocycles. The van der Waals surface area contributed by atoms with Gasteiger partial charge in [-0.3, -0.25) is 4.98 Å². The maximum Gasteiger partial charge on any atom is 0.0861 e. The molecule has 0 bridgehead atoms. The molecule has 0 radical (unpaired) electrons. The highest BCUT2D eigenvalue weighted by Gasteiger charge is 2.06. The van der Waals surface area contributed by atoms with Gasteiger partial charge in [0.1, 0.15) is 0 Å². The normalized spacial score (nSPS) is 9.76. The Kier molecular flexibility index (Phi) is 3.80. The molecule has 0 unspecified atom stereocenters. The first-order chi connectivity index (χ1) is 10.3. The number of pyridine rings is 1. The second kappa shape index (κ2) is 6.07. The number of hydrogen-bond donors (Lipinski definition) is 0. The molecule has 0 aliphatic carbocycles. The predicted octanol–water partition coefficient (Wildman–Crippen LogP) is 4.46. The lowest BCUT2D eigenvalue weighted by atomic mass is 10.0. The SMILES string of the molecule is Cc1ccccc1-c1ncccc1C#Cc1ccccc1. The van der Waals surface area contributed by atoms with E-state index in [0.717, 1.165) is 22.4 Å². The summed E-state index contributed by atoms with van der Waals surface area (Å²) in [6, 6.07) is 22.2. The molecule has 1 aromatic heterocycles. The van der Waals surface area contributed by atoms with Gasteiger partial charge in [0.2, 0.25) is 0 Å². The Labute approximate surface area is 125 Å². The second-order valence-corrected chi connectivity index (χ2v) is 4.83. The average molecular weight is 269 g/mol. The van der Waals surface area contributed by atoms with E-state index < -0.39 is 0 Å². The Morgan fingerprint density at radius 1 is 0.762 bits per heavy atom. The van der Waals surface area contributed by atoms with E-state index in [1.54, 1.807) is 0 Å². The van der Waals surface area contributed by atoms with Gasteiger partial charge in [0.05, 0.1) is 11.3 Å². The summed E-state index contributed by atoms with van der Waals surface area (Å²) in [7, 11) is 0. The van der Waals surface area contributed by atoms with Crippen LogP contribution in [0.1, 0.15) is 16.7 Å². The number of hydrogen-bond acceptors (Lipinski definition) is 1. The third-order valence-corrected chi connectivity index (χ3v) is 3.32. The Morgan fingerprint density at radius 3 is 2.33 bits per heavy atom. The van der Waals surface area contributed by atoms with Crippen molar-refractivity contribution in [2.45, 2.75) is 6.92 Å². The van der Waals surface area contributed by atoms with E-state index in [9.17, 15) is 0 Å². The van der Waals surface area contributed by atoms with Crippen LogP contribution < -0.4 is 0 Å². The van der Waals surface area contributed by atoms with E-state index >= 15 is 0 Å². The lowest BCUT2D eigenvalue weighted by Crippen LogP contribution is -1.91. The van der Waals surface area contributed by atoms with Crippen molar-refractivity contribution in [1.29, 1.82) is 0 Å². The summed E-state index contributed by atoms with van der Waals surface area (Å²) in [5.41, 5.74) is 5.25. The molecule has 1 nitrogen and oxygen atoms in total. The van der Waals surface area contributed by atoms with Crippen molar-refractivity contribution in [3.8, 4) is 23.1 Å². The van der Waals surface area contributed by atoms with Crippen molar-refractivity contribution in [2.75, 3.05) is 0 Å². The molecular weight excluding hydrogens is 254 g/mol. The minimum atomic E-state index is 0.944. The first kappa shape index (κ1) is 13.1. The number of aryl methyl sites for hydroxylation is 1. The molecule has 3 rings (SSSR count). The fourth-order valence-electron chi connectivity index (χ4n) is 2.22. The van der Waals surface area contributed by atoms with Crippen LogP contribution >= 0.6 is 0 Å². The van der Waals surface area contributed by atoms with Gasteiger partial charge >= 0.3 is 0 Å². The highest BCUT2D eigenvalue weighted by Crippen LogP contribution is 2.23. The molecular formula is C20H15N. The van der Waals surface area contributed by atoms with Gasteiger partial charge in [0.25, 0.3) is 0 Å². The fraction of sp³-hybridized carbons (Fsp3) is 0.0500. The van der Waals surface area contributed by atoms with Crippen LogP contribution in [-0.2, 0) is 0 Å². The monoisotopic (exact) mass is 269 g/mol. The van der Waals surface area contributed by atoms with Crippen molar-refractivity contribution < 1.29 is 0 Å². The number of benzene rings is 2. The lowest BCUT2D eigenvalue weighted by Gasteiger charge is -2.06.